The van der Waals surface area contributed by atoms with Crippen molar-refractivity contribution < 1.29 is 4.74 Å². The van der Waals surface area contributed by atoms with Crippen LogP contribution in [0.25, 0.3) is 0 Å². The largest absolute Gasteiger partial charge is 0.481 e. The number of thiophene rings is 1. The topological polar surface area (TPSA) is 53.0 Å². The number of aliphatic imine (C=N–C) groups is 1. The Morgan fingerprint density at radius 2 is 2.08 bits per heavy atom. The van der Waals surface area contributed by atoms with Crippen molar-refractivity contribution in [2.24, 2.45) is 4.99 Å². The van der Waals surface area contributed by atoms with Crippen LogP contribution in [0.15, 0.2) is 40.7 Å². The number of hydrogen-bond acceptors (Lipinski definition) is 5. The summed E-state index contributed by atoms with van der Waals surface area (Å²) >= 11 is 1.80. The van der Waals surface area contributed by atoms with Crippen LogP contribution in [0.1, 0.15) is 12.6 Å². The third-order valence-electron chi connectivity index (χ3n) is 4.11. The quantitative estimate of drug-likeness (QED) is 0.656. The van der Waals surface area contributed by atoms with Crippen LogP contribution in [-0.2, 0) is 6.54 Å². The van der Waals surface area contributed by atoms with E-state index in [9.17, 15) is 0 Å². The monoisotopic (exact) mass is 359 g/mol. The molecule has 0 spiro atoms. The summed E-state index contributed by atoms with van der Waals surface area (Å²) in [6.07, 6.45) is 0. The molecule has 2 aromatic heterocycles. The molecule has 0 atom stereocenters. The highest BCUT2D eigenvalue weighted by molar-refractivity contribution is 7.14. The summed E-state index contributed by atoms with van der Waals surface area (Å²) < 4.78 is 5.18. The van der Waals surface area contributed by atoms with Crippen LogP contribution in [0.5, 0.6) is 5.88 Å². The minimum atomic E-state index is 0.546. The van der Waals surface area contributed by atoms with Gasteiger partial charge in [0, 0.05) is 38.8 Å². The van der Waals surface area contributed by atoms with Gasteiger partial charge in [-0.3, -0.25) is 0 Å². The van der Waals surface area contributed by atoms with Crippen LogP contribution >= 0.6 is 11.3 Å². The first-order valence-corrected chi connectivity index (χ1v) is 9.49. The van der Waals surface area contributed by atoms with Gasteiger partial charge in [0.1, 0.15) is 0 Å². The molecular weight excluding hydrogens is 334 g/mol. The van der Waals surface area contributed by atoms with Crippen LogP contribution in [0.3, 0.4) is 0 Å². The summed E-state index contributed by atoms with van der Waals surface area (Å²) in [7, 11) is 1.63. The number of ether oxygens (including phenoxy) is 1. The van der Waals surface area contributed by atoms with Crippen molar-refractivity contribution in [2.75, 3.05) is 44.7 Å². The van der Waals surface area contributed by atoms with Gasteiger partial charge in [-0.05, 0) is 30.5 Å². The van der Waals surface area contributed by atoms with Crippen molar-refractivity contribution in [3.63, 3.8) is 0 Å². The lowest BCUT2D eigenvalue weighted by atomic mass is 10.3. The van der Waals surface area contributed by atoms with E-state index in [0.717, 1.165) is 44.4 Å². The molecule has 0 aromatic carbocycles. The maximum atomic E-state index is 5.18. The number of anilines is 1. The molecule has 0 radical (unpaired) electrons. The third-order valence-corrected chi connectivity index (χ3v) is 5.04. The van der Waals surface area contributed by atoms with Gasteiger partial charge in [-0.2, -0.15) is 0 Å². The summed E-state index contributed by atoms with van der Waals surface area (Å²) in [5, 5.41) is 6.88. The molecule has 25 heavy (non-hydrogen) atoms. The van der Waals surface area contributed by atoms with Crippen LogP contribution in [0.4, 0.5) is 5.00 Å². The minimum Gasteiger partial charge on any atom is -0.481 e. The number of nitrogens with zero attached hydrogens (tertiary/aromatic N) is 4. The Bertz CT molecular complexity index is 681. The van der Waals surface area contributed by atoms with E-state index < -0.39 is 0 Å². The molecule has 1 N–H and O–H groups in total. The van der Waals surface area contributed by atoms with Crippen molar-refractivity contribution in [1.29, 1.82) is 0 Å². The molecular formula is C18H25N5OS. The van der Waals surface area contributed by atoms with Crippen LogP contribution in [-0.4, -0.2) is 55.7 Å². The molecule has 7 heteroatoms. The SMILES string of the molecule is CCNC(=NCc1cccc(OC)n1)N1CCN(c2cccs2)CC1. The van der Waals surface area contributed by atoms with Crippen molar-refractivity contribution in [3.8, 4) is 5.88 Å². The van der Waals surface area contributed by atoms with Crippen LogP contribution < -0.4 is 15.0 Å². The zero-order valence-electron chi connectivity index (χ0n) is 14.8. The molecule has 134 valence electrons. The summed E-state index contributed by atoms with van der Waals surface area (Å²) in [4.78, 5) is 14.0. The van der Waals surface area contributed by atoms with Gasteiger partial charge >= 0.3 is 0 Å². The number of nitrogens with one attached hydrogen (secondary N) is 1. The van der Waals surface area contributed by atoms with Gasteiger partial charge in [-0.15, -0.1) is 11.3 Å². The summed E-state index contributed by atoms with van der Waals surface area (Å²) in [5.41, 5.74) is 0.909. The van der Waals surface area contributed by atoms with Gasteiger partial charge in [-0.25, -0.2) is 9.98 Å². The molecule has 6 nitrogen and oxygen atoms in total. The van der Waals surface area contributed by atoms with E-state index in [4.69, 9.17) is 9.73 Å². The second-order valence-electron chi connectivity index (χ2n) is 5.77. The summed E-state index contributed by atoms with van der Waals surface area (Å²) in [6, 6.07) is 10.1. The maximum Gasteiger partial charge on any atom is 0.213 e. The van der Waals surface area contributed by atoms with E-state index in [0.29, 0.717) is 12.4 Å². The van der Waals surface area contributed by atoms with E-state index >= 15 is 0 Å². The predicted molar refractivity (Wildman–Crippen MR) is 104 cm³/mol. The molecule has 1 aliphatic rings. The fourth-order valence-corrected chi connectivity index (χ4v) is 3.61. The van der Waals surface area contributed by atoms with E-state index in [2.05, 4.69) is 44.5 Å². The highest BCUT2D eigenvalue weighted by Crippen LogP contribution is 2.22. The van der Waals surface area contributed by atoms with Gasteiger partial charge in [0.2, 0.25) is 5.88 Å². The molecule has 0 unspecified atom stereocenters. The number of piperazine rings is 1. The Morgan fingerprint density at radius 1 is 1.24 bits per heavy atom. The number of aromatic nitrogens is 1. The first-order valence-electron chi connectivity index (χ1n) is 8.61. The molecule has 0 aliphatic carbocycles. The van der Waals surface area contributed by atoms with E-state index in [1.54, 1.807) is 18.4 Å². The number of hydrogen-bond donors (Lipinski definition) is 1. The smallest absolute Gasteiger partial charge is 0.213 e. The third kappa shape index (κ3) is 4.63. The van der Waals surface area contributed by atoms with Crippen LogP contribution in [0, 0.1) is 0 Å². The van der Waals surface area contributed by atoms with Gasteiger partial charge < -0.3 is 19.9 Å². The Hall–Kier alpha value is -2.28. The lowest BCUT2D eigenvalue weighted by Gasteiger charge is -2.37. The van der Waals surface area contributed by atoms with Gasteiger partial charge in [0.25, 0.3) is 0 Å². The molecule has 0 saturated carbocycles. The Morgan fingerprint density at radius 3 is 2.76 bits per heavy atom. The molecule has 0 bridgehead atoms. The first-order chi connectivity index (χ1) is 12.3. The van der Waals surface area contributed by atoms with Crippen molar-refractivity contribution in [3.05, 3.63) is 41.4 Å². The number of guanidine groups is 1. The zero-order chi connectivity index (χ0) is 17.5. The molecule has 3 rings (SSSR count). The van der Waals surface area contributed by atoms with E-state index in [-0.39, 0.29) is 0 Å². The normalized spacial score (nSPS) is 15.4. The van der Waals surface area contributed by atoms with Crippen molar-refractivity contribution >= 4 is 22.3 Å². The number of pyridine rings is 1. The van der Waals surface area contributed by atoms with E-state index in [1.807, 2.05) is 18.2 Å². The standard InChI is InChI=1S/C18H25N5OS/c1-3-19-18(20-14-15-6-4-7-16(21-15)24-2)23-11-9-22(10-12-23)17-8-5-13-25-17/h4-8,13H,3,9-12,14H2,1-2H3,(H,19,20). The highest BCUT2D eigenvalue weighted by Gasteiger charge is 2.20. The average Bonchev–Trinajstić information content (AvgIpc) is 3.20. The van der Waals surface area contributed by atoms with E-state index in [1.165, 1.54) is 5.00 Å². The lowest BCUT2D eigenvalue weighted by molar-refractivity contribution is 0.373. The van der Waals surface area contributed by atoms with Gasteiger partial charge in [0.05, 0.1) is 24.3 Å². The second-order valence-corrected chi connectivity index (χ2v) is 6.69. The molecule has 0 amide bonds. The average molecular weight is 359 g/mol. The predicted octanol–water partition coefficient (Wildman–Crippen LogP) is 2.44. The van der Waals surface area contributed by atoms with Crippen molar-refractivity contribution in [1.82, 2.24) is 15.2 Å². The van der Waals surface area contributed by atoms with Crippen LogP contribution in [0.2, 0.25) is 0 Å². The minimum absolute atomic E-state index is 0.546. The fraction of sp³-hybridized carbons (Fsp3) is 0.444. The Kier molecular flexibility index (Phi) is 6.11. The Balaban J connectivity index is 1.62. The fourth-order valence-electron chi connectivity index (χ4n) is 2.83. The lowest BCUT2D eigenvalue weighted by Crippen LogP contribution is -2.52. The van der Waals surface area contributed by atoms with Gasteiger partial charge in [0.15, 0.2) is 5.96 Å². The highest BCUT2D eigenvalue weighted by atomic mass is 32.1. The van der Waals surface area contributed by atoms with Crippen molar-refractivity contribution in [2.45, 2.75) is 13.5 Å². The first kappa shape index (κ1) is 17.5. The molecule has 1 fully saturated rings. The zero-order valence-corrected chi connectivity index (χ0v) is 15.6. The summed E-state index contributed by atoms with van der Waals surface area (Å²) in [6.45, 7) is 7.47. The number of methoxy groups -OCH3 is 1. The molecule has 3 heterocycles. The Labute approximate surface area is 153 Å². The molecule has 1 saturated heterocycles. The van der Waals surface area contributed by atoms with Gasteiger partial charge in [-0.1, -0.05) is 6.07 Å². The molecule has 1 aliphatic heterocycles. The number of rotatable bonds is 5. The second kappa shape index (κ2) is 8.71. The molecule has 2 aromatic rings. The maximum absolute atomic E-state index is 5.18. The summed E-state index contributed by atoms with van der Waals surface area (Å²) in [5.74, 6) is 1.58.